The molecule has 1 aliphatic rings. The van der Waals surface area contributed by atoms with Crippen LogP contribution in [0.15, 0.2) is 4.90 Å². The van der Waals surface area contributed by atoms with Gasteiger partial charge in [0, 0.05) is 5.56 Å². The van der Waals surface area contributed by atoms with Gasteiger partial charge in [-0.3, -0.25) is 0 Å². The Labute approximate surface area is 163 Å². The molecule has 0 bridgehead atoms. The Morgan fingerprint density at radius 1 is 0.548 bits per heavy atom. The van der Waals surface area contributed by atoms with Crippen LogP contribution in [0.25, 0.3) is 0 Å². The highest BCUT2D eigenvalue weighted by atomic mass is 32.1. The first kappa shape index (κ1) is 25.6. The van der Waals surface area contributed by atoms with E-state index < -0.39 is 74.9 Å². The number of thiol groups is 1. The SMILES string of the molecule is Fc1c(F)c2c(c(F)c1S)C(F)(F)C(F)(F)C2(C(F)(F)C(F)(F)F)C(F)(F)C(F)(F)F. The predicted octanol–water partition coefficient (Wildman–Crippen LogP) is 6.77. The molecule has 18 heteroatoms. The Morgan fingerprint density at radius 2 is 0.903 bits per heavy atom. The third kappa shape index (κ3) is 2.53. The molecule has 0 unspecified atom stereocenters. The van der Waals surface area contributed by atoms with Crippen LogP contribution >= 0.6 is 12.6 Å². The Bertz CT molecular complexity index is 896. The van der Waals surface area contributed by atoms with E-state index in [1.54, 1.807) is 0 Å². The van der Waals surface area contributed by atoms with Gasteiger partial charge < -0.3 is 0 Å². The Kier molecular flexibility index (Phi) is 5.16. The van der Waals surface area contributed by atoms with Crippen LogP contribution in [0.1, 0.15) is 11.1 Å². The fourth-order valence-corrected chi connectivity index (χ4v) is 3.39. The Balaban J connectivity index is 3.43. The first-order valence-corrected chi connectivity index (χ1v) is 7.38. The normalized spacial score (nSPS) is 20.7. The second kappa shape index (κ2) is 6.24. The summed E-state index contributed by atoms with van der Waals surface area (Å²) in [5.74, 6) is -41.9. The molecule has 0 radical (unpaired) electrons. The third-order valence-electron chi connectivity index (χ3n) is 4.51. The van der Waals surface area contributed by atoms with Crippen LogP contribution < -0.4 is 0 Å². The molecule has 0 amide bonds. The van der Waals surface area contributed by atoms with Crippen LogP contribution in [0.2, 0.25) is 0 Å². The minimum absolute atomic E-state index is 2.40. The van der Waals surface area contributed by atoms with Crippen molar-refractivity contribution in [2.24, 2.45) is 0 Å². The summed E-state index contributed by atoms with van der Waals surface area (Å²) in [4.78, 5) is -2.40. The zero-order valence-corrected chi connectivity index (χ0v) is 14.3. The van der Waals surface area contributed by atoms with Crippen molar-refractivity contribution in [1.82, 2.24) is 0 Å². The number of hydrogen-bond acceptors (Lipinski definition) is 1. The van der Waals surface area contributed by atoms with Crippen molar-refractivity contribution in [2.45, 2.75) is 46.4 Å². The van der Waals surface area contributed by atoms with Crippen LogP contribution in [0, 0.1) is 17.5 Å². The summed E-state index contributed by atoms with van der Waals surface area (Å²) in [5.41, 5.74) is -15.9. The zero-order valence-electron chi connectivity index (χ0n) is 13.4. The van der Waals surface area contributed by atoms with Gasteiger partial charge >= 0.3 is 36.0 Å². The average molecular weight is 512 g/mol. The Hall–Kier alpha value is -1.62. The molecule has 0 nitrogen and oxygen atoms in total. The monoisotopic (exact) mass is 512 g/mol. The highest BCUT2D eigenvalue weighted by molar-refractivity contribution is 7.80. The van der Waals surface area contributed by atoms with E-state index in [-0.39, 0.29) is 0 Å². The van der Waals surface area contributed by atoms with Crippen molar-refractivity contribution >= 4 is 12.6 Å². The molecular formula is C13HF17S. The highest BCUT2D eigenvalue weighted by Crippen LogP contribution is 2.75. The molecule has 0 saturated carbocycles. The van der Waals surface area contributed by atoms with Crippen molar-refractivity contribution < 1.29 is 74.6 Å². The van der Waals surface area contributed by atoms with Gasteiger partial charge in [0.2, 0.25) is 5.41 Å². The first-order valence-electron chi connectivity index (χ1n) is 6.94. The minimum atomic E-state index is -8.24. The maximum atomic E-state index is 14.3. The van der Waals surface area contributed by atoms with Gasteiger partial charge in [0.15, 0.2) is 11.6 Å². The largest absolute Gasteiger partial charge is 0.454 e. The number of rotatable bonds is 2. The molecule has 1 aliphatic carbocycles. The molecule has 0 fully saturated rings. The van der Waals surface area contributed by atoms with Gasteiger partial charge in [0.25, 0.3) is 0 Å². The summed E-state index contributed by atoms with van der Waals surface area (Å²) in [7, 11) is 0. The standard InChI is InChI=1S/C13HF17S/c14-3-1-2(4(15)6(31)5(3)16)8(17,18)9(19,20)7(1,10(21,22)12(25,26)27)11(23,24)13(28,29)30/h31H. The number of hydrogen-bond donors (Lipinski definition) is 1. The smallest absolute Gasteiger partial charge is 0.205 e. The zero-order chi connectivity index (χ0) is 25.0. The lowest BCUT2D eigenvalue weighted by Crippen LogP contribution is -2.75. The van der Waals surface area contributed by atoms with Crippen molar-refractivity contribution in [1.29, 1.82) is 0 Å². The van der Waals surface area contributed by atoms with Crippen molar-refractivity contribution in [2.75, 3.05) is 0 Å². The molecule has 178 valence electrons. The van der Waals surface area contributed by atoms with E-state index in [4.69, 9.17) is 0 Å². The summed E-state index contributed by atoms with van der Waals surface area (Å²) < 4.78 is 231. The molecule has 2 rings (SSSR count). The predicted molar refractivity (Wildman–Crippen MR) is 66.1 cm³/mol. The van der Waals surface area contributed by atoms with Crippen molar-refractivity contribution in [3.63, 3.8) is 0 Å². The van der Waals surface area contributed by atoms with Gasteiger partial charge in [-0.2, -0.15) is 61.5 Å². The second-order valence-corrected chi connectivity index (χ2v) is 6.53. The maximum absolute atomic E-state index is 14.3. The quantitative estimate of drug-likeness (QED) is 0.253. The average Bonchev–Trinajstić information content (AvgIpc) is 2.70. The fourth-order valence-electron chi connectivity index (χ4n) is 3.18. The molecule has 0 aliphatic heterocycles. The highest BCUT2D eigenvalue weighted by Gasteiger charge is 2.99. The van der Waals surface area contributed by atoms with E-state index in [2.05, 4.69) is 12.6 Å². The van der Waals surface area contributed by atoms with Gasteiger partial charge in [0.1, 0.15) is 5.82 Å². The molecule has 0 spiro atoms. The number of fused-ring (bicyclic) bond motifs is 1. The fraction of sp³-hybridized carbons (Fsp3) is 0.538. The summed E-state index contributed by atoms with van der Waals surface area (Å²) in [5, 5.41) is 0. The molecule has 0 saturated heterocycles. The topological polar surface area (TPSA) is 0 Å². The van der Waals surface area contributed by atoms with Gasteiger partial charge in [-0.25, -0.2) is 13.2 Å². The second-order valence-electron chi connectivity index (χ2n) is 6.08. The van der Waals surface area contributed by atoms with Crippen molar-refractivity contribution in [3.8, 4) is 0 Å². The summed E-state index contributed by atoms with van der Waals surface area (Å²) >= 11 is 2.64. The molecule has 0 atom stereocenters. The van der Waals surface area contributed by atoms with Crippen LogP contribution in [-0.4, -0.2) is 30.1 Å². The molecule has 31 heavy (non-hydrogen) atoms. The number of halogens is 17. The van der Waals surface area contributed by atoms with Crippen LogP contribution in [0.5, 0.6) is 0 Å². The lowest BCUT2D eigenvalue weighted by Gasteiger charge is -2.47. The molecule has 1 aromatic carbocycles. The van der Waals surface area contributed by atoms with Gasteiger partial charge in [-0.1, -0.05) is 0 Å². The minimum Gasteiger partial charge on any atom is -0.205 e. The molecule has 0 N–H and O–H groups in total. The molecular weight excluding hydrogens is 511 g/mol. The lowest BCUT2D eigenvalue weighted by molar-refractivity contribution is -0.429. The van der Waals surface area contributed by atoms with E-state index in [1.807, 2.05) is 0 Å². The van der Waals surface area contributed by atoms with E-state index in [1.165, 1.54) is 0 Å². The molecule has 1 aromatic rings. The van der Waals surface area contributed by atoms with Crippen LogP contribution in [0.4, 0.5) is 74.6 Å². The number of alkyl halides is 14. The summed E-state index contributed by atoms with van der Waals surface area (Å²) in [6.45, 7) is 0. The van der Waals surface area contributed by atoms with E-state index in [9.17, 15) is 74.6 Å². The molecule has 0 heterocycles. The van der Waals surface area contributed by atoms with E-state index in [0.29, 0.717) is 0 Å². The van der Waals surface area contributed by atoms with Gasteiger partial charge in [0.05, 0.1) is 10.5 Å². The maximum Gasteiger partial charge on any atom is 0.454 e. The van der Waals surface area contributed by atoms with Crippen LogP contribution in [-0.2, 0) is 11.3 Å². The van der Waals surface area contributed by atoms with E-state index in [0.717, 1.165) is 0 Å². The first-order chi connectivity index (χ1) is 13.4. The molecule has 0 aromatic heterocycles. The van der Waals surface area contributed by atoms with Crippen LogP contribution in [0.3, 0.4) is 0 Å². The van der Waals surface area contributed by atoms with Gasteiger partial charge in [-0.15, -0.1) is 12.6 Å². The lowest BCUT2D eigenvalue weighted by atomic mass is 9.67. The van der Waals surface area contributed by atoms with Gasteiger partial charge in [-0.05, 0) is 0 Å². The third-order valence-corrected chi connectivity index (χ3v) is 4.90. The van der Waals surface area contributed by atoms with Crippen molar-refractivity contribution in [3.05, 3.63) is 28.6 Å². The Morgan fingerprint density at radius 3 is 1.23 bits per heavy atom. The summed E-state index contributed by atoms with van der Waals surface area (Å²) in [6, 6.07) is 0. The number of benzene rings is 1. The van der Waals surface area contributed by atoms with E-state index >= 15 is 0 Å². The summed E-state index contributed by atoms with van der Waals surface area (Å²) in [6.07, 6.45) is -15.8.